The Morgan fingerprint density at radius 3 is 2.28 bits per heavy atom. The van der Waals surface area contributed by atoms with Gasteiger partial charge in [0.05, 0.1) is 21.6 Å². The summed E-state index contributed by atoms with van der Waals surface area (Å²) in [4.78, 5) is 25.4. The molecule has 2 N–H and O–H groups in total. The lowest BCUT2D eigenvalue weighted by Crippen LogP contribution is -2.39. The number of nitriles is 1. The maximum atomic E-state index is 13.0. The van der Waals surface area contributed by atoms with Gasteiger partial charge in [-0.15, -0.1) is 11.3 Å². The van der Waals surface area contributed by atoms with Crippen LogP contribution in [0.4, 0.5) is 0 Å². The normalized spacial score (nSPS) is 18.2. The summed E-state index contributed by atoms with van der Waals surface area (Å²) in [6, 6.07) is 10.5. The van der Waals surface area contributed by atoms with E-state index >= 15 is 0 Å². The second kappa shape index (κ2) is 12.5. The zero-order valence-corrected chi connectivity index (χ0v) is 22.1. The number of thiophene rings is 1. The second-order valence-corrected chi connectivity index (χ2v) is 13.8. The van der Waals surface area contributed by atoms with E-state index in [1.54, 1.807) is 11.3 Å². The third-order valence-electron chi connectivity index (χ3n) is 6.16. The fourth-order valence-corrected chi connectivity index (χ4v) is 7.91. The standard InChI is InChI=1S/C24H29N3O6S3/c25-12-14-27-24(29)22-6-2-1-4-18(22)16-35(30,31)20-7-9-21(10-8-20)36(32,33)17-23(28)26-13-11-19-5-3-15-34-19/h3,5,7-10,15,18,22H,1-2,4,6,11,13-14,16-17H2,(H,26,28)(H,27,29)/t18-,22+/m0/s1. The zero-order valence-electron chi connectivity index (χ0n) is 19.7. The first-order valence-electron chi connectivity index (χ1n) is 11.6. The predicted octanol–water partition coefficient (Wildman–Crippen LogP) is 2.10. The Kier molecular flexibility index (Phi) is 9.64. The zero-order chi connectivity index (χ0) is 26.2. The first-order valence-corrected chi connectivity index (χ1v) is 15.8. The van der Waals surface area contributed by atoms with Gasteiger partial charge in [-0.2, -0.15) is 5.26 Å². The summed E-state index contributed by atoms with van der Waals surface area (Å²) in [5.41, 5.74) is 0. The van der Waals surface area contributed by atoms with Crippen LogP contribution >= 0.6 is 11.3 Å². The van der Waals surface area contributed by atoms with E-state index in [-0.39, 0.29) is 33.9 Å². The van der Waals surface area contributed by atoms with Crippen LogP contribution in [0.25, 0.3) is 0 Å². The minimum Gasteiger partial charge on any atom is -0.355 e. The molecule has 0 bridgehead atoms. The molecule has 1 saturated carbocycles. The summed E-state index contributed by atoms with van der Waals surface area (Å²) in [6.45, 7) is 0.195. The van der Waals surface area contributed by atoms with Crippen LogP contribution in [0.1, 0.15) is 30.6 Å². The third-order valence-corrected chi connectivity index (χ3v) is 10.6. The molecule has 36 heavy (non-hydrogen) atoms. The van der Waals surface area contributed by atoms with Crippen molar-refractivity contribution in [2.24, 2.45) is 11.8 Å². The Hall–Kier alpha value is -2.75. The van der Waals surface area contributed by atoms with Crippen molar-refractivity contribution in [2.75, 3.05) is 24.6 Å². The summed E-state index contributed by atoms with van der Waals surface area (Å²) in [5, 5.41) is 15.7. The minimum absolute atomic E-state index is 0.0383. The Bertz CT molecular complexity index is 1300. The van der Waals surface area contributed by atoms with Crippen LogP contribution in [0.2, 0.25) is 0 Å². The molecule has 0 spiro atoms. The van der Waals surface area contributed by atoms with Gasteiger partial charge in [-0.25, -0.2) is 16.8 Å². The van der Waals surface area contributed by atoms with Crippen molar-refractivity contribution < 1.29 is 26.4 Å². The van der Waals surface area contributed by atoms with E-state index in [1.807, 2.05) is 23.6 Å². The molecule has 0 saturated heterocycles. The average Bonchev–Trinajstić information content (AvgIpc) is 3.36. The highest BCUT2D eigenvalue weighted by Crippen LogP contribution is 2.33. The lowest BCUT2D eigenvalue weighted by Gasteiger charge is -2.30. The Balaban J connectivity index is 1.61. The number of hydrogen-bond acceptors (Lipinski definition) is 8. The monoisotopic (exact) mass is 551 g/mol. The summed E-state index contributed by atoms with van der Waals surface area (Å²) in [6.07, 6.45) is 3.38. The fourth-order valence-electron chi connectivity index (χ4n) is 4.33. The van der Waals surface area contributed by atoms with Gasteiger partial charge in [0.25, 0.3) is 0 Å². The van der Waals surface area contributed by atoms with Gasteiger partial charge >= 0.3 is 0 Å². The van der Waals surface area contributed by atoms with Gasteiger partial charge in [0, 0.05) is 17.3 Å². The molecule has 0 unspecified atom stereocenters. The highest BCUT2D eigenvalue weighted by atomic mass is 32.2. The molecule has 1 aliphatic carbocycles. The van der Waals surface area contributed by atoms with Gasteiger partial charge in [0.15, 0.2) is 19.7 Å². The van der Waals surface area contributed by atoms with Crippen molar-refractivity contribution in [3.8, 4) is 6.07 Å². The van der Waals surface area contributed by atoms with E-state index in [1.165, 1.54) is 24.3 Å². The van der Waals surface area contributed by atoms with E-state index in [2.05, 4.69) is 10.6 Å². The largest absolute Gasteiger partial charge is 0.355 e. The lowest BCUT2D eigenvalue weighted by atomic mass is 9.80. The van der Waals surface area contributed by atoms with Gasteiger partial charge in [-0.1, -0.05) is 18.9 Å². The highest BCUT2D eigenvalue weighted by molar-refractivity contribution is 7.92. The van der Waals surface area contributed by atoms with Crippen molar-refractivity contribution in [1.82, 2.24) is 10.6 Å². The van der Waals surface area contributed by atoms with E-state index in [0.29, 0.717) is 25.8 Å². The summed E-state index contributed by atoms with van der Waals surface area (Å²) < 4.78 is 51.4. The second-order valence-electron chi connectivity index (χ2n) is 8.72. The first-order chi connectivity index (χ1) is 17.1. The number of nitrogens with zero attached hydrogens (tertiary/aromatic N) is 1. The molecule has 9 nitrogen and oxygen atoms in total. The molecule has 194 valence electrons. The number of rotatable bonds is 11. The van der Waals surface area contributed by atoms with Crippen LogP contribution < -0.4 is 10.6 Å². The van der Waals surface area contributed by atoms with Crippen molar-refractivity contribution in [1.29, 1.82) is 5.26 Å². The third kappa shape index (κ3) is 7.62. The summed E-state index contributed by atoms with van der Waals surface area (Å²) in [5.74, 6) is -2.78. The van der Waals surface area contributed by atoms with Gasteiger partial charge in [0.2, 0.25) is 11.8 Å². The van der Waals surface area contributed by atoms with E-state index in [4.69, 9.17) is 5.26 Å². The number of nitrogens with one attached hydrogen (secondary N) is 2. The van der Waals surface area contributed by atoms with Gasteiger partial charge in [-0.3, -0.25) is 9.59 Å². The van der Waals surface area contributed by atoms with Crippen molar-refractivity contribution in [3.05, 3.63) is 46.7 Å². The lowest BCUT2D eigenvalue weighted by molar-refractivity contribution is -0.127. The molecular formula is C24H29N3O6S3. The quantitative estimate of drug-likeness (QED) is 0.406. The molecular weight excluding hydrogens is 522 g/mol. The SMILES string of the molecule is N#CCNC(=O)[C@@H]1CCCC[C@H]1CS(=O)(=O)c1ccc(S(=O)(=O)CC(=O)NCCc2cccs2)cc1. The molecule has 0 radical (unpaired) electrons. The average molecular weight is 552 g/mol. The van der Waals surface area contributed by atoms with Crippen LogP contribution in [-0.2, 0) is 35.7 Å². The molecule has 0 aliphatic heterocycles. The Morgan fingerprint density at radius 2 is 1.64 bits per heavy atom. The van der Waals surface area contributed by atoms with Gasteiger partial charge < -0.3 is 10.6 Å². The molecule has 1 heterocycles. The van der Waals surface area contributed by atoms with Crippen LogP contribution in [-0.4, -0.2) is 53.2 Å². The number of amides is 2. The predicted molar refractivity (Wildman–Crippen MR) is 136 cm³/mol. The smallest absolute Gasteiger partial charge is 0.235 e. The molecule has 2 atom stereocenters. The Labute approximate surface area is 215 Å². The van der Waals surface area contributed by atoms with Crippen molar-refractivity contribution in [3.63, 3.8) is 0 Å². The molecule has 2 aromatic rings. The summed E-state index contributed by atoms with van der Waals surface area (Å²) in [7, 11) is -7.73. The van der Waals surface area contributed by atoms with Crippen molar-refractivity contribution >= 4 is 42.8 Å². The molecule has 1 aromatic carbocycles. The van der Waals surface area contributed by atoms with Crippen LogP contribution in [0, 0.1) is 23.2 Å². The maximum absolute atomic E-state index is 13.0. The van der Waals surface area contributed by atoms with E-state index in [0.717, 1.165) is 17.7 Å². The van der Waals surface area contributed by atoms with E-state index in [9.17, 15) is 26.4 Å². The molecule has 2 amide bonds. The molecule has 3 rings (SSSR count). The maximum Gasteiger partial charge on any atom is 0.235 e. The first kappa shape index (κ1) is 27.8. The summed E-state index contributed by atoms with van der Waals surface area (Å²) >= 11 is 1.55. The topological polar surface area (TPSA) is 150 Å². The Morgan fingerprint density at radius 1 is 0.972 bits per heavy atom. The number of benzene rings is 1. The van der Waals surface area contributed by atoms with Crippen LogP contribution in [0.5, 0.6) is 0 Å². The number of carbonyl (C=O) groups excluding carboxylic acids is 2. The van der Waals surface area contributed by atoms with Crippen molar-refractivity contribution in [2.45, 2.75) is 41.9 Å². The van der Waals surface area contributed by atoms with Gasteiger partial charge in [-0.05, 0) is 60.9 Å². The molecule has 12 heteroatoms. The fraction of sp³-hybridized carbons (Fsp3) is 0.458. The number of hydrogen-bond donors (Lipinski definition) is 2. The van der Waals surface area contributed by atoms with Crippen LogP contribution in [0.3, 0.4) is 0 Å². The highest BCUT2D eigenvalue weighted by Gasteiger charge is 2.34. The van der Waals surface area contributed by atoms with Gasteiger partial charge in [0.1, 0.15) is 12.3 Å². The molecule has 1 fully saturated rings. The number of carbonyl (C=O) groups is 2. The van der Waals surface area contributed by atoms with Crippen LogP contribution in [0.15, 0.2) is 51.6 Å². The number of sulfone groups is 2. The minimum atomic E-state index is -3.95. The molecule has 1 aromatic heterocycles. The molecule has 1 aliphatic rings. The van der Waals surface area contributed by atoms with E-state index < -0.39 is 37.3 Å².